The molecule has 0 spiro atoms. The molecule has 1 aliphatic heterocycles. The Labute approximate surface area is 94.9 Å². The molecule has 1 aromatic rings. The Morgan fingerprint density at radius 2 is 2.06 bits per heavy atom. The van der Waals surface area contributed by atoms with Crippen LogP contribution in [0, 0.1) is 6.92 Å². The Bertz CT molecular complexity index is 398. The number of nitrogens with zero attached hydrogens (tertiary/aromatic N) is 2. The summed E-state index contributed by atoms with van der Waals surface area (Å²) < 4.78 is 0. The van der Waals surface area contributed by atoms with Crippen molar-refractivity contribution >= 4 is 11.7 Å². The quantitative estimate of drug-likeness (QED) is 0.829. The van der Waals surface area contributed by atoms with Gasteiger partial charge in [0.25, 0.3) is 0 Å². The minimum absolute atomic E-state index is 0.313. The third-order valence-corrected chi connectivity index (χ3v) is 2.95. The molecule has 1 N–H and O–H groups in total. The maximum atomic E-state index is 11.1. The fourth-order valence-electron chi connectivity index (χ4n) is 2.11. The van der Waals surface area contributed by atoms with Gasteiger partial charge in [0, 0.05) is 25.0 Å². The standard InChI is InChI=1S/C12H16N2O2/c1-9-7-11(10(8-13-9)12(15)16)14-5-3-2-4-6-14/h7-8H,2-6H2,1H3,(H,15,16). The molecule has 86 valence electrons. The second-order valence-corrected chi connectivity index (χ2v) is 4.20. The molecule has 0 atom stereocenters. The van der Waals surface area contributed by atoms with E-state index in [4.69, 9.17) is 5.11 Å². The Balaban J connectivity index is 2.36. The van der Waals surface area contributed by atoms with Gasteiger partial charge in [-0.25, -0.2) is 4.79 Å². The number of aryl methyl sites for hydroxylation is 1. The van der Waals surface area contributed by atoms with Gasteiger partial charge in [-0.2, -0.15) is 0 Å². The average molecular weight is 220 g/mol. The van der Waals surface area contributed by atoms with Crippen LogP contribution < -0.4 is 4.90 Å². The predicted molar refractivity (Wildman–Crippen MR) is 62.0 cm³/mol. The van der Waals surface area contributed by atoms with Crippen LogP contribution in [0.1, 0.15) is 35.3 Å². The molecule has 1 fully saturated rings. The number of rotatable bonds is 2. The highest BCUT2D eigenvalue weighted by molar-refractivity contribution is 5.94. The average Bonchev–Trinajstić information content (AvgIpc) is 2.29. The molecule has 0 aromatic carbocycles. The molecule has 2 rings (SSSR count). The predicted octanol–water partition coefficient (Wildman–Crippen LogP) is 2.08. The number of piperidine rings is 1. The van der Waals surface area contributed by atoms with Gasteiger partial charge in [-0.1, -0.05) is 0 Å². The number of carboxylic acid groups (broad SMARTS) is 1. The molecule has 0 radical (unpaired) electrons. The van der Waals surface area contributed by atoms with E-state index in [-0.39, 0.29) is 0 Å². The zero-order chi connectivity index (χ0) is 11.5. The topological polar surface area (TPSA) is 53.4 Å². The van der Waals surface area contributed by atoms with Crippen LogP contribution in [-0.2, 0) is 0 Å². The Morgan fingerprint density at radius 1 is 1.38 bits per heavy atom. The Kier molecular flexibility index (Phi) is 3.08. The molecule has 0 amide bonds. The van der Waals surface area contributed by atoms with E-state index in [2.05, 4.69) is 9.88 Å². The molecule has 1 aliphatic rings. The number of aromatic nitrogens is 1. The van der Waals surface area contributed by atoms with Crippen molar-refractivity contribution in [1.82, 2.24) is 4.98 Å². The van der Waals surface area contributed by atoms with E-state index in [0.717, 1.165) is 37.3 Å². The highest BCUT2D eigenvalue weighted by atomic mass is 16.4. The molecule has 16 heavy (non-hydrogen) atoms. The molecule has 0 bridgehead atoms. The van der Waals surface area contributed by atoms with Gasteiger partial charge < -0.3 is 10.0 Å². The third-order valence-electron chi connectivity index (χ3n) is 2.95. The van der Waals surface area contributed by atoms with Crippen LogP contribution >= 0.6 is 0 Å². The third kappa shape index (κ3) is 2.15. The van der Waals surface area contributed by atoms with Crippen LogP contribution in [-0.4, -0.2) is 29.1 Å². The molecular weight excluding hydrogens is 204 g/mol. The van der Waals surface area contributed by atoms with Crippen molar-refractivity contribution in [3.05, 3.63) is 23.5 Å². The fraction of sp³-hybridized carbons (Fsp3) is 0.500. The number of hydrogen-bond donors (Lipinski definition) is 1. The van der Waals surface area contributed by atoms with Crippen LogP contribution in [0.5, 0.6) is 0 Å². The Hall–Kier alpha value is -1.58. The minimum Gasteiger partial charge on any atom is -0.478 e. The summed E-state index contributed by atoms with van der Waals surface area (Å²) in [5.74, 6) is -0.895. The molecule has 0 aliphatic carbocycles. The summed E-state index contributed by atoms with van der Waals surface area (Å²) in [4.78, 5) is 17.3. The van der Waals surface area contributed by atoms with Crippen molar-refractivity contribution in [2.75, 3.05) is 18.0 Å². The summed E-state index contributed by atoms with van der Waals surface area (Å²) in [5.41, 5.74) is 2.00. The van der Waals surface area contributed by atoms with Gasteiger partial charge in [-0.3, -0.25) is 4.98 Å². The van der Waals surface area contributed by atoms with Gasteiger partial charge >= 0.3 is 5.97 Å². The van der Waals surface area contributed by atoms with Gasteiger partial charge in [0.2, 0.25) is 0 Å². The van der Waals surface area contributed by atoms with Crippen LogP contribution in [0.25, 0.3) is 0 Å². The summed E-state index contributed by atoms with van der Waals surface area (Å²) in [6.07, 6.45) is 4.98. The molecule has 1 aromatic heterocycles. The van der Waals surface area contributed by atoms with Crippen molar-refractivity contribution < 1.29 is 9.90 Å². The van der Waals surface area contributed by atoms with Crippen LogP contribution in [0.2, 0.25) is 0 Å². The second-order valence-electron chi connectivity index (χ2n) is 4.20. The SMILES string of the molecule is Cc1cc(N2CCCCC2)c(C(=O)O)cn1. The minimum atomic E-state index is -0.895. The van der Waals surface area contributed by atoms with E-state index in [1.807, 2.05) is 13.0 Å². The molecule has 4 heteroatoms. The first kappa shape index (κ1) is 10.9. The first-order valence-electron chi connectivity index (χ1n) is 5.63. The first-order chi connectivity index (χ1) is 7.68. The molecule has 4 nitrogen and oxygen atoms in total. The lowest BCUT2D eigenvalue weighted by atomic mass is 10.1. The largest absolute Gasteiger partial charge is 0.478 e. The zero-order valence-corrected chi connectivity index (χ0v) is 9.44. The summed E-state index contributed by atoms with van der Waals surface area (Å²) in [7, 11) is 0. The maximum Gasteiger partial charge on any atom is 0.339 e. The molecule has 0 unspecified atom stereocenters. The summed E-state index contributed by atoms with van der Waals surface area (Å²) >= 11 is 0. The lowest BCUT2D eigenvalue weighted by Crippen LogP contribution is -2.31. The van der Waals surface area contributed by atoms with Gasteiger partial charge in [0.1, 0.15) is 5.56 Å². The number of hydrogen-bond acceptors (Lipinski definition) is 3. The van der Waals surface area contributed by atoms with Gasteiger partial charge in [0.05, 0.1) is 5.69 Å². The van der Waals surface area contributed by atoms with Crippen molar-refractivity contribution in [1.29, 1.82) is 0 Å². The monoisotopic (exact) mass is 220 g/mol. The van der Waals surface area contributed by atoms with E-state index < -0.39 is 5.97 Å². The summed E-state index contributed by atoms with van der Waals surface area (Å²) in [6.45, 7) is 3.78. The van der Waals surface area contributed by atoms with E-state index in [9.17, 15) is 4.79 Å². The van der Waals surface area contributed by atoms with E-state index in [1.165, 1.54) is 12.6 Å². The lowest BCUT2D eigenvalue weighted by Gasteiger charge is -2.29. The van der Waals surface area contributed by atoms with Crippen LogP contribution in [0.3, 0.4) is 0 Å². The second kappa shape index (κ2) is 4.51. The highest BCUT2D eigenvalue weighted by Gasteiger charge is 2.18. The summed E-state index contributed by atoms with van der Waals surface area (Å²) in [6, 6.07) is 1.87. The highest BCUT2D eigenvalue weighted by Crippen LogP contribution is 2.24. The molecule has 2 heterocycles. The number of pyridine rings is 1. The number of anilines is 1. The normalized spacial score (nSPS) is 16.2. The number of carboxylic acids is 1. The zero-order valence-electron chi connectivity index (χ0n) is 9.44. The van der Waals surface area contributed by atoms with Crippen molar-refractivity contribution in [3.63, 3.8) is 0 Å². The molecular formula is C12H16N2O2. The van der Waals surface area contributed by atoms with Crippen molar-refractivity contribution in [3.8, 4) is 0 Å². The van der Waals surface area contributed by atoms with Gasteiger partial charge in [-0.15, -0.1) is 0 Å². The Morgan fingerprint density at radius 3 is 2.69 bits per heavy atom. The van der Waals surface area contributed by atoms with Crippen molar-refractivity contribution in [2.24, 2.45) is 0 Å². The first-order valence-corrected chi connectivity index (χ1v) is 5.63. The number of carbonyl (C=O) groups is 1. The van der Waals surface area contributed by atoms with Gasteiger partial charge in [-0.05, 0) is 32.3 Å². The van der Waals surface area contributed by atoms with Crippen LogP contribution in [0.4, 0.5) is 5.69 Å². The maximum absolute atomic E-state index is 11.1. The fourth-order valence-corrected chi connectivity index (χ4v) is 2.11. The lowest BCUT2D eigenvalue weighted by molar-refractivity contribution is 0.0697. The van der Waals surface area contributed by atoms with Crippen molar-refractivity contribution in [2.45, 2.75) is 26.2 Å². The van der Waals surface area contributed by atoms with E-state index in [1.54, 1.807) is 0 Å². The van der Waals surface area contributed by atoms with Crippen LogP contribution in [0.15, 0.2) is 12.3 Å². The van der Waals surface area contributed by atoms with E-state index in [0.29, 0.717) is 5.56 Å². The molecule has 1 saturated heterocycles. The molecule has 0 saturated carbocycles. The van der Waals surface area contributed by atoms with Gasteiger partial charge in [0.15, 0.2) is 0 Å². The summed E-state index contributed by atoms with van der Waals surface area (Å²) in [5, 5.41) is 9.12. The number of aromatic carboxylic acids is 1. The smallest absolute Gasteiger partial charge is 0.339 e. The van der Waals surface area contributed by atoms with E-state index >= 15 is 0 Å².